The van der Waals surface area contributed by atoms with Crippen molar-refractivity contribution in [2.45, 2.75) is 70.6 Å². The van der Waals surface area contributed by atoms with E-state index in [0.717, 1.165) is 56.7 Å². The summed E-state index contributed by atoms with van der Waals surface area (Å²) in [5, 5.41) is 3.05. The number of amides is 1. The molecule has 1 N–H and O–H groups in total. The standard InChI is InChI=1S/C28H40N2O4/c1-28(2,3)34-27(31)29-25-20-26(25)30(18-6-8-21-10-14-23(32-4)15-11-21)19-7-9-22-12-16-24(33-5)17-13-22/h10-17,25-26H,6-9,18-20H2,1-5H3,(H,29,31). The van der Waals surface area contributed by atoms with Gasteiger partial charge in [0.15, 0.2) is 0 Å². The molecular weight excluding hydrogens is 428 g/mol. The Hall–Kier alpha value is -2.73. The smallest absolute Gasteiger partial charge is 0.407 e. The van der Waals surface area contributed by atoms with Gasteiger partial charge in [0.1, 0.15) is 17.1 Å². The number of hydrogen-bond donors (Lipinski definition) is 1. The van der Waals surface area contributed by atoms with Crippen LogP contribution in [0.1, 0.15) is 51.2 Å². The molecule has 0 aromatic heterocycles. The Labute approximate surface area is 204 Å². The minimum atomic E-state index is -0.481. The summed E-state index contributed by atoms with van der Waals surface area (Å²) in [7, 11) is 3.38. The highest BCUT2D eigenvalue weighted by Gasteiger charge is 2.43. The van der Waals surface area contributed by atoms with Gasteiger partial charge in [-0.15, -0.1) is 0 Å². The number of carbonyl (C=O) groups excluding carboxylic acids is 1. The normalized spacial score (nSPS) is 17.4. The van der Waals surface area contributed by atoms with Crippen LogP contribution in [0.25, 0.3) is 0 Å². The van der Waals surface area contributed by atoms with E-state index in [1.807, 2.05) is 45.0 Å². The predicted molar refractivity (Wildman–Crippen MR) is 136 cm³/mol. The third kappa shape index (κ3) is 8.56. The van der Waals surface area contributed by atoms with E-state index in [1.165, 1.54) is 11.1 Å². The molecule has 186 valence electrons. The Morgan fingerprint density at radius 2 is 1.35 bits per heavy atom. The van der Waals surface area contributed by atoms with Crippen molar-refractivity contribution in [3.63, 3.8) is 0 Å². The van der Waals surface area contributed by atoms with E-state index >= 15 is 0 Å². The van der Waals surface area contributed by atoms with E-state index in [-0.39, 0.29) is 12.1 Å². The van der Waals surface area contributed by atoms with E-state index < -0.39 is 5.60 Å². The molecule has 6 heteroatoms. The van der Waals surface area contributed by atoms with E-state index in [4.69, 9.17) is 14.2 Å². The number of alkyl carbamates (subject to hydrolysis) is 1. The van der Waals surface area contributed by atoms with Crippen molar-refractivity contribution >= 4 is 6.09 Å². The van der Waals surface area contributed by atoms with Crippen LogP contribution in [0, 0.1) is 0 Å². The molecule has 2 atom stereocenters. The predicted octanol–water partition coefficient (Wildman–Crippen LogP) is 5.24. The Morgan fingerprint density at radius 3 is 1.76 bits per heavy atom. The molecule has 0 heterocycles. The first-order valence-corrected chi connectivity index (χ1v) is 12.3. The zero-order chi connectivity index (χ0) is 24.6. The number of benzene rings is 2. The molecule has 1 saturated carbocycles. The molecule has 1 aliphatic carbocycles. The molecule has 1 fully saturated rings. The summed E-state index contributed by atoms with van der Waals surface area (Å²) in [5.41, 5.74) is 2.15. The van der Waals surface area contributed by atoms with Crippen molar-refractivity contribution in [3.05, 3.63) is 59.7 Å². The van der Waals surface area contributed by atoms with Gasteiger partial charge in [0.05, 0.1) is 14.2 Å². The van der Waals surface area contributed by atoms with Gasteiger partial charge >= 0.3 is 6.09 Å². The zero-order valence-corrected chi connectivity index (χ0v) is 21.3. The first-order valence-electron chi connectivity index (χ1n) is 12.3. The lowest BCUT2D eigenvalue weighted by Gasteiger charge is -2.24. The van der Waals surface area contributed by atoms with Gasteiger partial charge in [-0.1, -0.05) is 24.3 Å². The van der Waals surface area contributed by atoms with Crippen LogP contribution in [0.2, 0.25) is 0 Å². The summed E-state index contributed by atoms with van der Waals surface area (Å²) in [6, 6.07) is 17.2. The van der Waals surface area contributed by atoms with Crippen LogP contribution in [0.15, 0.2) is 48.5 Å². The van der Waals surface area contributed by atoms with E-state index in [1.54, 1.807) is 14.2 Å². The van der Waals surface area contributed by atoms with Crippen LogP contribution in [0.4, 0.5) is 4.79 Å². The third-order valence-corrected chi connectivity index (χ3v) is 6.07. The molecule has 0 spiro atoms. The third-order valence-electron chi connectivity index (χ3n) is 6.07. The van der Waals surface area contributed by atoms with Gasteiger partial charge in [-0.2, -0.15) is 0 Å². The maximum absolute atomic E-state index is 12.2. The van der Waals surface area contributed by atoms with E-state index in [2.05, 4.69) is 34.5 Å². The maximum atomic E-state index is 12.2. The maximum Gasteiger partial charge on any atom is 0.407 e. The average molecular weight is 469 g/mol. The summed E-state index contributed by atoms with van der Waals surface area (Å²) in [5.74, 6) is 1.77. The fourth-order valence-corrected chi connectivity index (χ4v) is 4.20. The molecule has 0 radical (unpaired) electrons. The van der Waals surface area contributed by atoms with Gasteiger partial charge in [0.25, 0.3) is 0 Å². The number of nitrogens with one attached hydrogen (secondary N) is 1. The van der Waals surface area contributed by atoms with Gasteiger partial charge in [-0.3, -0.25) is 4.90 Å². The van der Waals surface area contributed by atoms with Crippen molar-refractivity contribution in [1.29, 1.82) is 0 Å². The molecule has 1 amide bonds. The summed E-state index contributed by atoms with van der Waals surface area (Å²) in [4.78, 5) is 14.7. The average Bonchev–Trinajstić information content (AvgIpc) is 3.56. The van der Waals surface area contributed by atoms with E-state index in [9.17, 15) is 4.79 Å². The number of carbonyl (C=O) groups is 1. The molecule has 0 saturated heterocycles. The van der Waals surface area contributed by atoms with Crippen LogP contribution in [0.5, 0.6) is 11.5 Å². The van der Waals surface area contributed by atoms with Crippen LogP contribution >= 0.6 is 0 Å². The summed E-state index contributed by atoms with van der Waals surface area (Å²) >= 11 is 0. The number of hydrogen-bond acceptors (Lipinski definition) is 5. The molecule has 2 aromatic carbocycles. The fraction of sp³-hybridized carbons (Fsp3) is 0.536. The van der Waals surface area contributed by atoms with Gasteiger partial charge in [0, 0.05) is 12.1 Å². The summed E-state index contributed by atoms with van der Waals surface area (Å²) < 4.78 is 16.0. The number of nitrogens with zero attached hydrogens (tertiary/aromatic N) is 1. The van der Waals surface area contributed by atoms with Crippen molar-refractivity contribution in [1.82, 2.24) is 10.2 Å². The Balaban J connectivity index is 1.51. The molecular formula is C28H40N2O4. The largest absolute Gasteiger partial charge is 0.497 e. The quantitative estimate of drug-likeness (QED) is 0.462. The van der Waals surface area contributed by atoms with Gasteiger partial charge in [-0.05, 0) is 101 Å². The Morgan fingerprint density at radius 1 is 0.882 bits per heavy atom. The number of ether oxygens (including phenoxy) is 3. The number of aryl methyl sites for hydroxylation is 2. The van der Waals surface area contributed by atoms with Crippen LogP contribution in [0.3, 0.4) is 0 Å². The SMILES string of the molecule is COc1ccc(CCCN(CCCc2ccc(OC)cc2)C2CC2NC(=O)OC(C)(C)C)cc1. The highest BCUT2D eigenvalue weighted by atomic mass is 16.6. The lowest BCUT2D eigenvalue weighted by Crippen LogP contribution is -2.38. The molecule has 0 bridgehead atoms. The monoisotopic (exact) mass is 468 g/mol. The second-order valence-electron chi connectivity index (χ2n) is 9.99. The molecule has 34 heavy (non-hydrogen) atoms. The lowest BCUT2D eigenvalue weighted by atomic mass is 10.1. The summed E-state index contributed by atoms with van der Waals surface area (Å²) in [6.45, 7) is 7.68. The van der Waals surface area contributed by atoms with Crippen LogP contribution in [-0.2, 0) is 17.6 Å². The molecule has 0 aliphatic heterocycles. The first kappa shape index (κ1) is 25.9. The van der Waals surface area contributed by atoms with Crippen molar-refractivity contribution in [2.75, 3.05) is 27.3 Å². The van der Waals surface area contributed by atoms with E-state index in [0.29, 0.717) is 6.04 Å². The van der Waals surface area contributed by atoms with Crippen molar-refractivity contribution in [2.24, 2.45) is 0 Å². The van der Waals surface area contributed by atoms with Crippen molar-refractivity contribution < 1.29 is 19.0 Å². The van der Waals surface area contributed by atoms with Crippen LogP contribution in [-0.4, -0.2) is 56.0 Å². The minimum absolute atomic E-state index is 0.164. The topological polar surface area (TPSA) is 60.0 Å². The molecule has 3 rings (SSSR count). The number of rotatable bonds is 12. The van der Waals surface area contributed by atoms with Crippen LogP contribution < -0.4 is 14.8 Å². The highest BCUT2D eigenvalue weighted by Crippen LogP contribution is 2.29. The second-order valence-corrected chi connectivity index (χ2v) is 9.99. The molecule has 2 unspecified atom stereocenters. The zero-order valence-electron chi connectivity index (χ0n) is 21.3. The lowest BCUT2D eigenvalue weighted by molar-refractivity contribution is 0.0517. The molecule has 6 nitrogen and oxygen atoms in total. The highest BCUT2D eigenvalue weighted by molar-refractivity contribution is 5.68. The minimum Gasteiger partial charge on any atom is -0.497 e. The Kier molecular flexibility index (Phi) is 9.22. The second kappa shape index (κ2) is 12.1. The molecule has 2 aromatic rings. The number of methoxy groups -OCH3 is 2. The van der Waals surface area contributed by atoms with Gasteiger partial charge in [0.2, 0.25) is 0 Å². The summed E-state index contributed by atoms with van der Waals surface area (Å²) in [6.07, 6.45) is 4.85. The van der Waals surface area contributed by atoms with Gasteiger partial charge in [-0.25, -0.2) is 4.79 Å². The molecule has 1 aliphatic rings. The van der Waals surface area contributed by atoms with Gasteiger partial charge < -0.3 is 19.5 Å². The first-order chi connectivity index (χ1) is 16.3. The van der Waals surface area contributed by atoms with Crippen molar-refractivity contribution in [3.8, 4) is 11.5 Å². The fourth-order valence-electron chi connectivity index (χ4n) is 4.20. The Bertz CT molecular complexity index is 837.